The van der Waals surface area contributed by atoms with Crippen LogP contribution < -0.4 is 0 Å². The maximum Gasteiger partial charge on any atom is 0.269 e. The van der Waals surface area contributed by atoms with Gasteiger partial charge in [-0.25, -0.2) is 0 Å². The second-order valence-corrected chi connectivity index (χ2v) is 4.70. The highest BCUT2D eigenvalue weighted by Crippen LogP contribution is 2.14. The lowest BCUT2D eigenvalue weighted by atomic mass is 10.2. The van der Waals surface area contributed by atoms with Crippen LogP contribution in [0.5, 0.6) is 0 Å². The van der Waals surface area contributed by atoms with Gasteiger partial charge in [-0.1, -0.05) is 44.0 Å². The molecule has 0 aliphatic rings. The summed E-state index contributed by atoms with van der Waals surface area (Å²) in [5.74, 6) is 0. The summed E-state index contributed by atoms with van der Waals surface area (Å²) in [6.07, 6.45) is 3.90. The van der Waals surface area contributed by atoms with Crippen molar-refractivity contribution in [2.45, 2.75) is 4.83 Å². The van der Waals surface area contributed by atoms with Crippen LogP contribution in [-0.2, 0) is 0 Å². The molecule has 1 aromatic carbocycles. The minimum Gasteiger partial charge on any atom is -0.258 e. The fourth-order valence-electron chi connectivity index (χ4n) is 0.974. The molecule has 0 radical (unpaired) electrons. The lowest BCUT2D eigenvalue weighted by Crippen LogP contribution is -1.91. The topological polar surface area (TPSA) is 43.1 Å². The Morgan fingerprint density at radius 1 is 1.40 bits per heavy atom. The summed E-state index contributed by atoms with van der Waals surface area (Å²) in [4.78, 5) is 10.3. The van der Waals surface area contributed by atoms with Gasteiger partial charge < -0.3 is 0 Å². The highest BCUT2D eigenvalue weighted by atomic mass is 79.9. The number of rotatable bonds is 4. The lowest BCUT2D eigenvalue weighted by Gasteiger charge is -1.97. The highest BCUT2D eigenvalue weighted by Gasteiger charge is 2.02. The molecule has 0 heterocycles. The molecule has 1 aromatic rings. The van der Waals surface area contributed by atoms with Crippen molar-refractivity contribution < 1.29 is 4.92 Å². The Morgan fingerprint density at radius 3 is 2.47 bits per heavy atom. The van der Waals surface area contributed by atoms with Crippen molar-refractivity contribution in [2.24, 2.45) is 0 Å². The first-order chi connectivity index (χ1) is 7.13. The van der Waals surface area contributed by atoms with Gasteiger partial charge in [0.15, 0.2) is 0 Å². The summed E-state index contributed by atoms with van der Waals surface area (Å²) in [7, 11) is 0. The van der Waals surface area contributed by atoms with E-state index in [0.717, 1.165) is 10.9 Å². The van der Waals surface area contributed by atoms with Gasteiger partial charge in [0.1, 0.15) is 0 Å². The molecule has 5 heteroatoms. The van der Waals surface area contributed by atoms with Crippen molar-refractivity contribution in [3.05, 3.63) is 46.0 Å². The van der Waals surface area contributed by atoms with Crippen LogP contribution in [0, 0.1) is 10.1 Å². The van der Waals surface area contributed by atoms with Crippen LogP contribution in [0.1, 0.15) is 5.56 Å². The van der Waals surface area contributed by atoms with E-state index in [1.54, 1.807) is 12.1 Å². The number of alkyl halides is 2. The predicted molar refractivity (Wildman–Crippen MR) is 68.6 cm³/mol. The van der Waals surface area contributed by atoms with Crippen molar-refractivity contribution in [1.29, 1.82) is 0 Å². The Bertz CT molecular complexity index is 362. The fourth-order valence-corrected chi connectivity index (χ4v) is 1.34. The molecule has 0 saturated heterocycles. The Labute approximate surface area is 105 Å². The summed E-state index contributed by atoms with van der Waals surface area (Å²) in [6.45, 7) is 0. The minimum absolute atomic E-state index is 0.114. The zero-order valence-electron chi connectivity index (χ0n) is 7.77. The third kappa shape index (κ3) is 4.13. The zero-order valence-corrected chi connectivity index (χ0v) is 10.9. The highest BCUT2D eigenvalue weighted by molar-refractivity contribution is 9.12. The van der Waals surface area contributed by atoms with Gasteiger partial charge >= 0.3 is 0 Å². The number of non-ortho nitro benzene ring substituents is 1. The third-order valence-corrected chi connectivity index (χ3v) is 3.94. The van der Waals surface area contributed by atoms with Gasteiger partial charge in [-0.15, -0.1) is 0 Å². The fraction of sp³-hybridized carbons (Fsp3) is 0.200. The quantitative estimate of drug-likeness (QED) is 0.478. The minimum atomic E-state index is -0.404. The number of hydrogen-bond acceptors (Lipinski definition) is 2. The van der Waals surface area contributed by atoms with E-state index in [0.29, 0.717) is 0 Å². The maximum absolute atomic E-state index is 10.4. The van der Waals surface area contributed by atoms with E-state index in [4.69, 9.17) is 0 Å². The number of nitro benzene ring substituents is 1. The van der Waals surface area contributed by atoms with E-state index in [2.05, 4.69) is 31.9 Å². The number of benzene rings is 1. The van der Waals surface area contributed by atoms with Crippen LogP contribution in [0.3, 0.4) is 0 Å². The number of halogens is 2. The van der Waals surface area contributed by atoms with E-state index in [9.17, 15) is 10.1 Å². The molecule has 0 aliphatic carbocycles. The molecular weight excluding hydrogens is 326 g/mol. The van der Waals surface area contributed by atoms with E-state index in [1.165, 1.54) is 12.1 Å². The van der Waals surface area contributed by atoms with Gasteiger partial charge in [0, 0.05) is 22.3 Å². The molecule has 80 valence electrons. The van der Waals surface area contributed by atoms with Crippen LogP contribution in [0.2, 0.25) is 0 Å². The summed E-state index contributed by atoms with van der Waals surface area (Å²) >= 11 is 6.76. The van der Waals surface area contributed by atoms with Gasteiger partial charge in [-0.3, -0.25) is 10.1 Å². The average Bonchev–Trinajstić information content (AvgIpc) is 2.26. The maximum atomic E-state index is 10.4. The second-order valence-electron chi connectivity index (χ2n) is 2.88. The van der Waals surface area contributed by atoms with Crippen LogP contribution in [0.4, 0.5) is 5.69 Å². The third-order valence-electron chi connectivity index (χ3n) is 1.75. The molecule has 0 fully saturated rings. The van der Waals surface area contributed by atoms with E-state index >= 15 is 0 Å². The molecule has 0 bridgehead atoms. The zero-order chi connectivity index (χ0) is 11.3. The van der Waals surface area contributed by atoms with Crippen molar-refractivity contribution >= 4 is 43.6 Å². The number of nitrogens with zero attached hydrogens (tertiary/aromatic N) is 1. The molecule has 0 aromatic heterocycles. The number of hydrogen-bond donors (Lipinski definition) is 0. The lowest BCUT2D eigenvalue weighted by molar-refractivity contribution is -0.384. The molecule has 0 aliphatic heterocycles. The number of nitro groups is 1. The monoisotopic (exact) mass is 333 g/mol. The first-order valence-electron chi connectivity index (χ1n) is 4.26. The second kappa shape index (κ2) is 6.02. The Balaban J connectivity index is 2.72. The van der Waals surface area contributed by atoms with Gasteiger partial charge in [-0.05, 0) is 17.7 Å². The summed E-state index contributed by atoms with van der Waals surface area (Å²) in [5, 5.41) is 11.2. The van der Waals surface area contributed by atoms with Crippen LogP contribution in [0.15, 0.2) is 30.3 Å². The molecule has 0 N–H and O–H groups in total. The normalized spacial score (nSPS) is 12.9. The molecule has 1 rings (SSSR count). The van der Waals surface area contributed by atoms with Gasteiger partial charge in [0.25, 0.3) is 5.69 Å². The molecule has 0 amide bonds. The van der Waals surface area contributed by atoms with Gasteiger partial charge in [0.2, 0.25) is 0 Å². The van der Waals surface area contributed by atoms with E-state index in [-0.39, 0.29) is 10.5 Å². The summed E-state index contributed by atoms with van der Waals surface area (Å²) in [6, 6.07) is 6.44. The van der Waals surface area contributed by atoms with Crippen LogP contribution >= 0.6 is 31.9 Å². The molecule has 3 nitrogen and oxygen atoms in total. The Morgan fingerprint density at radius 2 is 2.00 bits per heavy atom. The molecule has 0 spiro atoms. The Kier molecular flexibility index (Phi) is 4.98. The SMILES string of the molecule is O=[N+]([O-])c1ccc(C=CC(Br)CBr)cc1. The molecule has 1 atom stereocenters. The van der Waals surface area contributed by atoms with Crippen LogP contribution in [0.25, 0.3) is 6.08 Å². The molecule has 1 unspecified atom stereocenters. The molecule has 0 saturated carbocycles. The smallest absolute Gasteiger partial charge is 0.258 e. The number of allylic oxidation sites excluding steroid dienone is 1. The largest absolute Gasteiger partial charge is 0.269 e. The summed E-state index contributed by atoms with van der Waals surface area (Å²) < 4.78 is 0. The van der Waals surface area contributed by atoms with Crippen LogP contribution in [-0.4, -0.2) is 15.1 Å². The van der Waals surface area contributed by atoms with Crippen molar-refractivity contribution in [3.63, 3.8) is 0 Å². The van der Waals surface area contributed by atoms with Crippen molar-refractivity contribution in [2.75, 3.05) is 5.33 Å². The summed E-state index contributed by atoms with van der Waals surface area (Å²) in [5.41, 5.74) is 1.06. The van der Waals surface area contributed by atoms with E-state index < -0.39 is 4.92 Å². The van der Waals surface area contributed by atoms with Gasteiger partial charge in [-0.2, -0.15) is 0 Å². The van der Waals surface area contributed by atoms with E-state index in [1.807, 2.05) is 12.2 Å². The van der Waals surface area contributed by atoms with Crippen molar-refractivity contribution in [3.8, 4) is 0 Å². The molecular formula is C10H9Br2NO2. The standard InChI is InChI=1S/C10H9Br2NO2/c11-7-9(12)4-1-8-2-5-10(6-3-8)13(14)15/h1-6,9H,7H2. The average molecular weight is 335 g/mol. The van der Waals surface area contributed by atoms with Gasteiger partial charge in [0.05, 0.1) is 4.92 Å². The first-order valence-corrected chi connectivity index (χ1v) is 6.30. The van der Waals surface area contributed by atoms with Crippen molar-refractivity contribution in [1.82, 2.24) is 0 Å². The molecule has 15 heavy (non-hydrogen) atoms. The first kappa shape index (κ1) is 12.4. The Hall–Kier alpha value is -0.680. The predicted octanol–water partition coefficient (Wildman–Crippen LogP) is 3.77.